The van der Waals surface area contributed by atoms with Crippen molar-refractivity contribution in [1.29, 1.82) is 0 Å². The first kappa shape index (κ1) is 21.7. The first-order valence-corrected chi connectivity index (χ1v) is 11.4. The van der Waals surface area contributed by atoms with Gasteiger partial charge in [-0.05, 0) is 69.0 Å². The quantitative estimate of drug-likeness (QED) is 0.606. The Balaban J connectivity index is 1.51. The van der Waals surface area contributed by atoms with Crippen molar-refractivity contribution in [2.45, 2.75) is 51.6 Å². The molecule has 0 N–H and O–H groups in total. The van der Waals surface area contributed by atoms with Gasteiger partial charge in [0, 0.05) is 23.9 Å². The monoisotopic (exact) mass is 451 g/mol. The van der Waals surface area contributed by atoms with E-state index in [0.717, 1.165) is 61.9 Å². The van der Waals surface area contributed by atoms with Crippen molar-refractivity contribution in [1.82, 2.24) is 4.90 Å². The van der Waals surface area contributed by atoms with E-state index in [4.69, 9.17) is 32.7 Å². The van der Waals surface area contributed by atoms with E-state index < -0.39 is 5.97 Å². The number of piperidine rings is 1. The van der Waals surface area contributed by atoms with Crippen LogP contribution in [0.4, 0.5) is 0 Å². The summed E-state index contributed by atoms with van der Waals surface area (Å²) in [6.45, 7) is 3.69. The minimum absolute atomic E-state index is 0.0756. The van der Waals surface area contributed by atoms with Gasteiger partial charge in [-0.1, -0.05) is 30.1 Å². The van der Waals surface area contributed by atoms with E-state index in [1.54, 1.807) is 6.08 Å². The summed E-state index contributed by atoms with van der Waals surface area (Å²) in [5.41, 5.74) is 2.80. The average molecular weight is 452 g/mol. The van der Waals surface area contributed by atoms with Gasteiger partial charge in [0.1, 0.15) is 16.9 Å². The van der Waals surface area contributed by atoms with Crippen LogP contribution < -0.4 is 4.74 Å². The number of likely N-dealkylation sites (N-methyl/N-ethyl adjacent to an activating group) is 1. The first-order chi connectivity index (χ1) is 14.3. The van der Waals surface area contributed by atoms with Gasteiger partial charge in [-0.3, -0.25) is 4.79 Å². The van der Waals surface area contributed by atoms with Crippen LogP contribution in [0.5, 0.6) is 5.75 Å². The van der Waals surface area contributed by atoms with E-state index in [9.17, 15) is 9.59 Å². The number of halogens is 2. The van der Waals surface area contributed by atoms with Crippen molar-refractivity contribution in [2.75, 3.05) is 26.7 Å². The normalized spacial score (nSPS) is 26.1. The third-order valence-corrected chi connectivity index (χ3v) is 7.53. The smallest absolute Gasteiger partial charge is 0.344 e. The van der Waals surface area contributed by atoms with Crippen LogP contribution in [-0.2, 0) is 20.7 Å². The molecule has 2 atom stereocenters. The number of esters is 1. The molecule has 1 heterocycles. The fraction of sp³-hybridized carbons (Fsp3) is 0.565. The Morgan fingerprint density at radius 1 is 1.33 bits per heavy atom. The number of hydrogen-bond acceptors (Lipinski definition) is 5. The van der Waals surface area contributed by atoms with Crippen molar-refractivity contribution in [3.63, 3.8) is 0 Å². The second-order valence-corrected chi connectivity index (χ2v) is 9.43. The number of allylic oxidation sites excluding steroid dienone is 2. The zero-order chi connectivity index (χ0) is 21.5. The molecule has 2 unspecified atom stereocenters. The van der Waals surface area contributed by atoms with Gasteiger partial charge in [-0.25, -0.2) is 4.79 Å². The van der Waals surface area contributed by atoms with Crippen molar-refractivity contribution in [2.24, 2.45) is 5.41 Å². The van der Waals surface area contributed by atoms with E-state index in [-0.39, 0.29) is 28.9 Å². The summed E-state index contributed by atoms with van der Waals surface area (Å²) in [4.78, 5) is 26.5. The lowest BCUT2D eigenvalue weighted by molar-refractivity contribution is -0.153. The van der Waals surface area contributed by atoms with Gasteiger partial charge >= 0.3 is 5.97 Å². The summed E-state index contributed by atoms with van der Waals surface area (Å²) in [6, 6.07) is 1.87. The molecule has 162 valence electrons. The Kier molecular flexibility index (Phi) is 6.16. The Bertz CT molecular complexity index is 913. The highest BCUT2D eigenvalue weighted by Crippen LogP contribution is 2.57. The summed E-state index contributed by atoms with van der Waals surface area (Å²) < 4.78 is 11.3. The fourth-order valence-electron chi connectivity index (χ4n) is 5.02. The molecule has 2 aliphatic carbocycles. The van der Waals surface area contributed by atoms with Gasteiger partial charge in [-0.2, -0.15) is 0 Å². The molecule has 0 saturated carbocycles. The number of nitrogens with zero attached hydrogens (tertiary/aromatic N) is 1. The molecule has 3 aliphatic rings. The highest BCUT2D eigenvalue weighted by Gasteiger charge is 2.44. The van der Waals surface area contributed by atoms with Crippen LogP contribution in [0.25, 0.3) is 5.57 Å². The number of benzene rings is 1. The second-order valence-electron chi connectivity index (χ2n) is 8.68. The number of likely N-dealkylation sites (tertiary alicyclic amines) is 1. The first-order valence-electron chi connectivity index (χ1n) is 10.6. The highest BCUT2D eigenvalue weighted by molar-refractivity contribution is 6.44. The maximum Gasteiger partial charge on any atom is 0.344 e. The fourth-order valence-corrected chi connectivity index (χ4v) is 5.54. The zero-order valence-corrected chi connectivity index (χ0v) is 18.9. The highest BCUT2D eigenvalue weighted by atomic mass is 35.5. The molecule has 1 fully saturated rings. The van der Waals surface area contributed by atoms with Gasteiger partial charge in [0.2, 0.25) is 0 Å². The van der Waals surface area contributed by atoms with Crippen LogP contribution in [0, 0.1) is 5.41 Å². The average Bonchev–Trinajstić information content (AvgIpc) is 3.03. The largest absolute Gasteiger partial charge is 0.480 e. The van der Waals surface area contributed by atoms with Crippen molar-refractivity contribution < 1.29 is 19.1 Å². The Labute approximate surface area is 187 Å². The molecule has 5 nitrogen and oxygen atoms in total. The second kappa shape index (κ2) is 8.52. The molecule has 0 radical (unpaired) electrons. The van der Waals surface area contributed by atoms with E-state index in [2.05, 4.69) is 11.8 Å². The standard InChI is InChI=1S/C23H27Cl2NO4/c1-3-23-7-6-15(27)10-17(23)20-14(11-23)9-18(21(24)22(20)25)29-13-19(28)30-16-5-4-8-26(2)12-16/h9-10,16H,3-8,11-13H2,1-2H3. The number of hydrogen-bond donors (Lipinski definition) is 0. The summed E-state index contributed by atoms with van der Waals surface area (Å²) >= 11 is 13.1. The van der Waals surface area contributed by atoms with Crippen LogP contribution in [0.15, 0.2) is 12.1 Å². The predicted octanol–water partition coefficient (Wildman–Crippen LogP) is 4.71. The predicted molar refractivity (Wildman–Crippen MR) is 117 cm³/mol. The minimum atomic E-state index is -0.407. The molecule has 0 amide bonds. The molecule has 1 aliphatic heterocycles. The number of ether oxygens (including phenoxy) is 2. The van der Waals surface area contributed by atoms with Crippen LogP contribution in [-0.4, -0.2) is 49.5 Å². The minimum Gasteiger partial charge on any atom is -0.480 e. The molecule has 4 rings (SSSR count). The van der Waals surface area contributed by atoms with Gasteiger partial charge in [0.05, 0.1) is 5.02 Å². The van der Waals surface area contributed by atoms with Crippen LogP contribution >= 0.6 is 23.2 Å². The topological polar surface area (TPSA) is 55.8 Å². The maximum absolute atomic E-state index is 12.3. The van der Waals surface area contributed by atoms with Crippen molar-refractivity contribution in [3.8, 4) is 5.75 Å². The van der Waals surface area contributed by atoms with Gasteiger partial charge in [-0.15, -0.1) is 0 Å². The summed E-state index contributed by atoms with van der Waals surface area (Å²) in [5, 5.41) is 0.661. The van der Waals surface area contributed by atoms with Gasteiger partial charge in [0.25, 0.3) is 0 Å². The molecular weight excluding hydrogens is 425 g/mol. The molecule has 30 heavy (non-hydrogen) atoms. The maximum atomic E-state index is 12.3. The van der Waals surface area contributed by atoms with E-state index in [0.29, 0.717) is 17.2 Å². The molecule has 1 aromatic rings. The van der Waals surface area contributed by atoms with Crippen LogP contribution in [0.3, 0.4) is 0 Å². The number of ketones is 1. The van der Waals surface area contributed by atoms with E-state index in [1.807, 2.05) is 13.1 Å². The van der Waals surface area contributed by atoms with Crippen molar-refractivity contribution in [3.05, 3.63) is 33.3 Å². The summed E-state index contributed by atoms with van der Waals surface area (Å²) in [7, 11) is 2.02. The van der Waals surface area contributed by atoms with Crippen molar-refractivity contribution >= 4 is 40.5 Å². The number of carbonyl (C=O) groups excluding carboxylic acids is 2. The van der Waals surface area contributed by atoms with Gasteiger partial charge < -0.3 is 14.4 Å². The number of fused-ring (bicyclic) bond motifs is 3. The lowest BCUT2D eigenvalue weighted by atomic mass is 9.71. The lowest BCUT2D eigenvalue weighted by Crippen LogP contribution is -2.38. The SMILES string of the molecule is CCC12CCC(=O)C=C1c1c(cc(OCC(=O)OC3CCCN(C)C3)c(Cl)c1Cl)C2. The Morgan fingerprint density at radius 3 is 2.87 bits per heavy atom. The molecule has 0 bridgehead atoms. The molecule has 0 aromatic heterocycles. The lowest BCUT2D eigenvalue weighted by Gasteiger charge is -2.32. The Hall–Kier alpha value is -1.56. The van der Waals surface area contributed by atoms with E-state index >= 15 is 0 Å². The summed E-state index contributed by atoms with van der Waals surface area (Å²) in [6.07, 6.45) is 6.61. The third kappa shape index (κ3) is 4.00. The summed E-state index contributed by atoms with van der Waals surface area (Å²) in [5.74, 6) is 0.107. The van der Waals surface area contributed by atoms with Crippen LogP contribution in [0.2, 0.25) is 10.0 Å². The molecule has 1 aromatic carbocycles. The van der Waals surface area contributed by atoms with Gasteiger partial charge in [0.15, 0.2) is 12.4 Å². The molecule has 7 heteroatoms. The molecule has 1 saturated heterocycles. The molecular formula is C23H27Cl2NO4. The third-order valence-electron chi connectivity index (χ3n) is 6.68. The molecule has 0 spiro atoms. The zero-order valence-electron chi connectivity index (χ0n) is 17.4. The number of rotatable bonds is 5. The van der Waals surface area contributed by atoms with Crippen LogP contribution in [0.1, 0.15) is 50.2 Å². The Morgan fingerprint density at radius 2 is 2.13 bits per heavy atom. The number of carbonyl (C=O) groups is 2. The van der Waals surface area contributed by atoms with E-state index in [1.165, 1.54) is 0 Å².